The highest BCUT2D eigenvalue weighted by Crippen LogP contribution is 2.30. The minimum Gasteiger partial charge on any atom is -0.497 e. The van der Waals surface area contributed by atoms with E-state index in [9.17, 15) is 4.79 Å². The van der Waals surface area contributed by atoms with Crippen molar-refractivity contribution in [3.8, 4) is 22.8 Å². The predicted molar refractivity (Wildman–Crippen MR) is 135 cm³/mol. The van der Waals surface area contributed by atoms with Crippen LogP contribution in [0.2, 0.25) is 0 Å². The number of amides is 1. The maximum atomic E-state index is 12.5. The molecule has 0 bridgehead atoms. The zero-order chi connectivity index (χ0) is 24.2. The van der Waals surface area contributed by atoms with Crippen molar-refractivity contribution in [2.24, 2.45) is 5.92 Å². The van der Waals surface area contributed by atoms with Gasteiger partial charge in [-0.25, -0.2) is 0 Å². The number of carbonyl (C=O) groups excluding carboxylic acids is 1. The number of nitrogens with one attached hydrogen (secondary N) is 1. The first-order valence-corrected chi connectivity index (χ1v) is 12.2. The van der Waals surface area contributed by atoms with Crippen molar-refractivity contribution in [3.05, 3.63) is 54.1 Å². The third-order valence-electron chi connectivity index (χ3n) is 5.69. The van der Waals surface area contributed by atoms with E-state index < -0.39 is 0 Å². The number of methoxy groups -OCH3 is 1. The Hall–Kier alpha value is -2.80. The van der Waals surface area contributed by atoms with Gasteiger partial charge in [0.2, 0.25) is 5.91 Å². The highest BCUT2D eigenvalue weighted by molar-refractivity contribution is 7.99. The fourth-order valence-electron chi connectivity index (χ4n) is 3.23. The molecule has 0 spiro atoms. The summed E-state index contributed by atoms with van der Waals surface area (Å²) < 4.78 is 7.31. The molecule has 0 saturated heterocycles. The van der Waals surface area contributed by atoms with Crippen LogP contribution in [0.3, 0.4) is 0 Å². The summed E-state index contributed by atoms with van der Waals surface area (Å²) in [7, 11) is 1.65. The van der Waals surface area contributed by atoms with Gasteiger partial charge < -0.3 is 10.1 Å². The van der Waals surface area contributed by atoms with E-state index in [1.807, 2.05) is 35.8 Å². The van der Waals surface area contributed by atoms with Gasteiger partial charge in [-0.1, -0.05) is 70.6 Å². The van der Waals surface area contributed by atoms with Gasteiger partial charge in [-0.05, 0) is 48.1 Å². The molecule has 33 heavy (non-hydrogen) atoms. The third-order valence-corrected chi connectivity index (χ3v) is 6.62. The van der Waals surface area contributed by atoms with Crippen molar-refractivity contribution in [1.82, 2.24) is 20.1 Å². The van der Waals surface area contributed by atoms with Crippen LogP contribution in [0.5, 0.6) is 5.75 Å². The Labute approximate surface area is 201 Å². The van der Waals surface area contributed by atoms with Crippen molar-refractivity contribution >= 4 is 17.7 Å². The molecule has 1 amide bonds. The van der Waals surface area contributed by atoms with Gasteiger partial charge >= 0.3 is 0 Å². The Morgan fingerprint density at radius 1 is 1.03 bits per heavy atom. The smallest absolute Gasteiger partial charge is 0.230 e. The van der Waals surface area contributed by atoms with E-state index in [1.54, 1.807) is 7.11 Å². The molecule has 1 aromatic heterocycles. The van der Waals surface area contributed by atoms with Gasteiger partial charge in [0, 0.05) is 17.3 Å². The summed E-state index contributed by atoms with van der Waals surface area (Å²) in [5.41, 5.74) is 3.21. The van der Waals surface area contributed by atoms with Gasteiger partial charge in [-0.2, -0.15) is 0 Å². The Kier molecular flexibility index (Phi) is 7.84. The summed E-state index contributed by atoms with van der Waals surface area (Å²) in [6.45, 7) is 12.8. The molecule has 0 aliphatic rings. The molecule has 2 aromatic carbocycles. The lowest BCUT2D eigenvalue weighted by Gasteiger charge is -2.19. The summed E-state index contributed by atoms with van der Waals surface area (Å²) >= 11 is 1.38. The van der Waals surface area contributed by atoms with Crippen molar-refractivity contribution in [2.45, 2.75) is 58.2 Å². The number of thioether (sulfide) groups is 1. The average Bonchev–Trinajstić information content (AvgIpc) is 3.21. The number of benzene rings is 2. The first-order chi connectivity index (χ1) is 15.6. The fourth-order valence-corrected chi connectivity index (χ4v) is 3.99. The van der Waals surface area contributed by atoms with Crippen LogP contribution < -0.4 is 10.1 Å². The monoisotopic (exact) mass is 466 g/mol. The molecule has 0 aliphatic heterocycles. The largest absolute Gasteiger partial charge is 0.497 e. The Balaban J connectivity index is 1.93. The highest BCUT2D eigenvalue weighted by atomic mass is 32.2. The molecule has 3 aromatic rings. The normalized spacial score (nSPS) is 12.6. The molecule has 1 heterocycles. The van der Waals surface area contributed by atoms with Gasteiger partial charge in [0.15, 0.2) is 11.0 Å². The van der Waals surface area contributed by atoms with Crippen LogP contribution in [0.4, 0.5) is 0 Å². The number of rotatable bonds is 8. The first kappa shape index (κ1) is 24.8. The van der Waals surface area contributed by atoms with E-state index in [-0.39, 0.29) is 23.1 Å². The van der Waals surface area contributed by atoms with Crippen LogP contribution in [-0.4, -0.2) is 39.6 Å². The van der Waals surface area contributed by atoms with Crippen LogP contribution in [-0.2, 0) is 10.2 Å². The molecule has 0 unspecified atom stereocenters. The molecule has 3 rings (SSSR count). The summed E-state index contributed by atoms with van der Waals surface area (Å²) in [6.07, 6.45) is 0. The Bertz CT molecular complexity index is 1070. The standard InChI is InChI=1S/C26H34N4O2S/c1-17(2)18(3)27-23(31)16-33-25-29-28-24(19-8-10-20(11-9-19)26(4,5)6)30(25)21-12-14-22(32-7)15-13-21/h8-15,17-18H,16H2,1-7H3,(H,27,31)/t18-/m1/s1. The molecule has 6 nitrogen and oxygen atoms in total. The van der Waals surface area contributed by atoms with Gasteiger partial charge in [-0.15, -0.1) is 10.2 Å². The number of aromatic nitrogens is 3. The van der Waals surface area contributed by atoms with Gasteiger partial charge in [0.1, 0.15) is 5.75 Å². The molecule has 176 valence electrons. The maximum Gasteiger partial charge on any atom is 0.230 e. The lowest BCUT2D eigenvalue weighted by atomic mass is 9.87. The molecule has 1 atom stereocenters. The number of ether oxygens (including phenoxy) is 1. The van der Waals surface area contributed by atoms with Crippen molar-refractivity contribution in [3.63, 3.8) is 0 Å². The number of hydrogen-bond donors (Lipinski definition) is 1. The zero-order valence-corrected chi connectivity index (χ0v) is 21.4. The van der Waals surface area contributed by atoms with Gasteiger partial charge in [0.25, 0.3) is 0 Å². The molecule has 7 heteroatoms. The Morgan fingerprint density at radius 3 is 2.21 bits per heavy atom. The second-order valence-corrected chi connectivity index (χ2v) is 10.5. The number of carbonyl (C=O) groups is 1. The molecule has 0 fully saturated rings. The summed E-state index contributed by atoms with van der Waals surface area (Å²) in [5, 5.41) is 12.6. The number of hydrogen-bond acceptors (Lipinski definition) is 5. The van der Waals surface area contributed by atoms with Crippen LogP contribution in [0, 0.1) is 5.92 Å². The molecule has 0 radical (unpaired) electrons. The van der Waals surface area contributed by atoms with Crippen LogP contribution in [0.15, 0.2) is 53.7 Å². The molecular weight excluding hydrogens is 432 g/mol. The van der Waals surface area contributed by atoms with Crippen LogP contribution in [0.1, 0.15) is 47.1 Å². The lowest BCUT2D eigenvalue weighted by Crippen LogP contribution is -2.37. The molecular formula is C26H34N4O2S. The van der Waals surface area contributed by atoms with E-state index in [0.29, 0.717) is 11.1 Å². The van der Waals surface area contributed by atoms with E-state index >= 15 is 0 Å². The van der Waals surface area contributed by atoms with E-state index in [2.05, 4.69) is 74.4 Å². The topological polar surface area (TPSA) is 69.0 Å². The van der Waals surface area contributed by atoms with E-state index in [1.165, 1.54) is 17.3 Å². The SMILES string of the molecule is COc1ccc(-n2c(SCC(=O)N[C@H](C)C(C)C)nnc2-c2ccc(C(C)(C)C)cc2)cc1. The summed E-state index contributed by atoms with van der Waals surface area (Å²) in [6, 6.07) is 16.3. The van der Waals surface area contributed by atoms with Crippen molar-refractivity contribution < 1.29 is 9.53 Å². The lowest BCUT2D eigenvalue weighted by molar-refractivity contribution is -0.119. The molecule has 1 N–H and O–H groups in total. The molecule has 0 aliphatic carbocycles. The highest BCUT2D eigenvalue weighted by Gasteiger charge is 2.20. The van der Waals surface area contributed by atoms with Gasteiger partial charge in [0.05, 0.1) is 12.9 Å². The maximum absolute atomic E-state index is 12.5. The Morgan fingerprint density at radius 2 is 1.67 bits per heavy atom. The second-order valence-electron chi connectivity index (χ2n) is 9.56. The zero-order valence-electron chi connectivity index (χ0n) is 20.5. The fraction of sp³-hybridized carbons (Fsp3) is 0.423. The first-order valence-electron chi connectivity index (χ1n) is 11.2. The minimum absolute atomic E-state index is 0.0124. The van der Waals surface area contributed by atoms with Gasteiger partial charge in [-0.3, -0.25) is 9.36 Å². The van der Waals surface area contributed by atoms with Crippen LogP contribution >= 0.6 is 11.8 Å². The minimum atomic E-state index is -0.0124. The van der Waals surface area contributed by atoms with E-state index in [4.69, 9.17) is 4.74 Å². The molecule has 0 saturated carbocycles. The van der Waals surface area contributed by atoms with Crippen LogP contribution in [0.25, 0.3) is 17.1 Å². The number of nitrogens with zero attached hydrogens (tertiary/aromatic N) is 3. The summed E-state index contributed by atoms with van der Waals surface area (Å²) in [4.78, 5) is 12.5. The van der Waals surface area contributed by atoms with Crippen molar-refractivity contribution in [2.75, 3.05) is 12.9 Å². The average molecular weight is 467 g/mol. The predicted octanol–water partition coefficient (Wildman–Crippen LogP) is 5.49. The summed E-state index contributed by atoms with van der Waals surface area (Å²) in [5.74, 6) is 2.15. The quantitative estimate of drug-likeness (QED) is 0.444. The second kappa shape index (κ2) is 10.4. The third kappa shape index (κ3) is 6.16. The van der Waals surface area contributed by atoms with Crippen molar-refractivity contribution in [1.29, 1.82) is 0 Å². The van der Waals surface area contributed by atoms with E-state index in [0.717, 1.165) is 22.8 Å².